The molecule has 2 fully saturated rings. The van der Waals surface area contributed by atoms with Crippen LogP contribution in [0.25, 0.3) is 0 Å². The summed E-state index contributed by atoms with van der Waals surface area (Å²) in [5.74, 6) is 6.93. The van der Waals surface area contributed by atoms with Crippen molar-refractivity contribution in [3.8, 4) is 0 Å². The Kier molecular flexibility index (Phi) is 6.31. The van der Waals surface area contributed by atoms with Crippen LogP contribution in [0.15, 0.2) is 0 Å². The minimum Gasteiger partial charge on any atom is -0.297 e. The average molecular weight is 281 g/mol. The van der Waals surface area contributed by atoms with E-state index in [-0.39, 0.29) is 0 Å². The largest absolute Gasteiger partial charge is 0.297 e. The van der Waals surface area contributed by atoms with Crippen LogP contribution in [0.3, 0.4) is 0 Å². The number of rotatable bonds is 7. The molecule has 3 heteroatoms. The van der Waals surface area contributed by atoms with E-state index < -0.39 is 0 Å². The number of hydrazine groups is 1. The fraction of sp³-hybridized carbons (Fsp3) is 1.00. The van der Waals surface area contributed by atoms with Gasteiger partial charge >= 0.3 is 0 Å². The van der Waals surface area contributed by atoms with E-state index in [0.717, 1.165) is 19.0 Å². The van der Waals surface area contributed by atoms with Crippen molar-refractivity contribution in [3.05, 3.63) is 0 Å². The van der Waals surface area contributed by atoms with Crippen LogP contribution in [0.5, 0.6) is 0 Å². The van der Waals surface area contributed by atoms with Crippen molar-refractivity contribution in [2.24, 2.45) is 11.8 Å². The average Bonchev–Trinajstić information content (AvgIpc) is 2.97. The summed E-state index contributed by atoms with van der Waals surface area (Å²) in [6.07, 6.45) is 13.8. The second-order valence-electron chi connectivity index (χ2n) is 6.94. The van der Waals surface area contributed by atoms with Gasteiger partial charge in [0.25, 0.3) is 0 Å². The number of hydrogen-bond acceptors (Lipinski definition) is 3. The molecule has 0 heterocycles. The number of hydrogen-bond donors (Lipinski definition) is 2. The SMILES string of the molecule is CCN(CC)C1(C(CC2CCCCC2)NN)CCCC1. The quantitative estimate of drug-likeness (QED) is 0.555. The molecule has 2 saturated carbocycles. The first-order valence-corrected chi connectivity index (χ1v) is 8.98. The Balaban J connectivity index is 2.08. The highest BCUT2D eigenvalue weighted by molar-refractivity contribution is 5.03. The Hall–Kier alpha value is -0.120. The topological polar surface area (TPSA) is 41.3 Å². The molecule has 2 aliphatic carbocycles. The first-order valence-electron chi connectivity index (χ1n) is 8.98. The summed E-state index contributed by atoms with van der Waals surface area (Å²) >= 11 is 0. The molecule has 1 unspecified atom stereocenters. The monoisotopic (exact) mass is 281 g/mol. The lowest BCUT2D eigenvalue weighted by atomic mass is 9.77. The molecule has 3 N–H and O–H groups in total. The third-order valence-electron chi connectivity index (χ3n) is 6.01. The van der Waals surface area contributed by atoms with Crippen molar-refractivity contribution in [1.82, 2.24) is 10.3 Å². The van der Waals surface area contributed by atoms with E-state index in [1.54, 1.807) is 0 Å². The number of nitrogens with two attached hydrogens (primary N) is 1. The molecule has 0 aromatic carbocycles. The molecule has 3 nitrogen and oxygen atoms in total. The molecule has 118 valence electrons. The van der Waals surface area contributed by atoms with Gasteiger partial charge in [-0.25, -0.2) is 0 Å². The van der Waals surface area contributed by atoms with Crippen LogP contribution in [-0.2, 0) is 0 Å². The lowest BCUT2D eigenvalue weighted by Crippen LogP contribution is -2.61. The van der Waals surface area contributed by atoms with Crippen molar-refractivity contribution in [2.75, 3.05) is 13.1 Å². The first-order chi connectivity index (χ1) is 9.76. The maximum absolute atomic E-state index is 6.03. The van der Waals surface area contributed by atoms with E-state index in [9.17, 15) is 0 Å². The molecule has 20 heavy (non-hydrogen) atoms. The van der Waals surface area contributed by atoms with Crippen LogP contribution in [0, 0.1) is 5.92 Å². The Morgan fingerprint density at radius 1 is 1.05 bits per heavy atom. The van der Waals surface area contributed by atoms with Gasteiger partial charge in [0.2, 0.25) is 0 Å². The lowest BCUT2D eigenvalue weighted by molar-refractivity contribution is 0.0501. The third-order valence-corrected chi connectivity index (χ3v) is 6.01. The minimum absolute atomic E-state index is 0.329. The van der Waals surface area contributed by atoms with Crippen LogP contribution in [-0.4, -0.2) is 29.6 Å². The van der Waals surface area contributed by atoms with Gasteiger partial charge in [0.1, 0.15) is 0 Å². The van der Waals surface area contributed by atoms with Gasteiger partial charge in [-0.1, -0.05) is 58.8 Å². The Labute approximate surface area is 125 Å². The Bertz CT molecular complexity index is 263. The van der Waals surface area contributed by atoms with Gasteiger partial charge in [-0.2, -0.15) is 0 Å². The summed E-state index contributed by atoms with van der Waals surface area (Å²) in [5.41, 5.74) is 3.57. The van der Waals surface area contributed by atoms with Gasteiger partial charge in [0.15, 0.2) is 0 Å². The lowest BCUT2D eigenvalue weighted by Gasteiger charge is -2.47. The van der Waals surface area contributed by atoms with E-state index in [1.807, 2.05) is 0 Å². The zero-order chi connectivity index (χ0) is 14.4. The number of nitrogens with zero attached hydrogens (tertiary/aromatic N) is 1. The van der Waals surface area contributed by atoms with Gasteiger partial charge in [-0.3, -0.25) is 16.2 Å². The predicted molar refractivity (Wildman–Crippen MR) is 86.4 cm³/mol. The molecular formula is C17H35N3. The maximum Gasteiger partial charge on any atom is 0.0397 e. The third kappa shape index (κ3) is 3.37. The summed E-state index contributed by atoms with van der Waals surface area (Å²) in [6, 6.07) is 0.480. The highest BCUT2D eigenvalue weighted by Crippen LogP contribution is 2.41. The summed E-state index contributed by atoms with van der Waals surface area (Å²) in [5, 5.41) is 0. The molecule has 0 radical (unpaired) electrons. The van der Waals surface area contributed by atoms with E-state index in [1.165, 1.54) is 64.2 Å². The van der Waals surface area contributed by atoms with Crippen LogP contribution in [0.1, 0.15) is 78.1 Å². The highest BCUT2D eigenvalue weighted by Gasteiger charge is 2.45. The van der Waals surface area contributed by atoms with E-state index in [2.05, 4.69) is 24.2 Å². The maximum atomic E-state index is 6.03. The number of nitrogens with one attached hydrogen (secondary N) is 1. The summed E-state index contributed by atoms with van der Waals surface area (Å²) in [7, 11) is 0. The van der Waals surface area contributed by atoms with E-state index in [0.29, 0.717) is 11.6 Å². The molecule has 0 spiro atoms. The summed E-state index contributed by atoms with van der Waals surface area (Å²) in [4.78, 5) is 2.69. The van der Waals surface area contributed by atoms with Gasteiger partial charge < -0.3 is 0 Å². The molecule has 0 saturated heterocycles. The van der Waals surface area contributed by atoms with E-state index in [4.69, 9.17) is 5.84 Å². The zero-order valence-corrected chi connectivity index (χ0v) is 13.7. The second kappa shape index (κ2) is 7.77. The molecule has 2 rings (SSSR count). The van der Waals surface area contributed by atoms with Crippen LogP contribution < -0.4 is 11.3 Å². The van der Waals surface area contributed by atoms with Gasteiger partial charge in [-0.15, -0.1) is 0 Å². The van der Waals surface area contributed by atoms with Crippen LogP contribution in [0.4, 0.5) is 0 Å². The molecule has 0 bridgehead atoms. The van der Waals surface area contributed by atoms with Crippen LogP contribution in [0.2, 0.25) is 0 Å². The fourth-order valence-corrected chi connectivity index (χ4v) is 4.92. The summed E-state index contributed by atoms with van der Waals surface area (Å²) in [6.45, 7) is 6.91. The molecule has 0 aromatic rings. The van der Waals surface area contributed by atoms with Gasteiger partial charge in [-0.05, 0) is 38.3 Å². The molecule has 0 aromatic heterocycles. The Morgan fingerprint density at radius 3 is 2.15 bits per heavy atom. The van der Waals surface area contributed by atoms with Crippen molar-refractivity contribution in [1.29, 1.82) is 0 Å². The van der Waals surface area contributed by atoms with Crippen molar-refractivity contribution >= 4 is 0 Å². The van der Waals surface area contributed by atoms with Gasteiger partial charge in [0, 0.05) is 11.6 Å². The Morgan fingerprint density at radius 2 is 1.65 bits per heavy atom. The molecule has 2 aliphatic rings. The van der Waals surface area contributed by atoms with Gasteiger partial charge in [0.05, 0.1) is 0 Å². The molecule has 0 aliphatic heterocycles. The minimum atomic E-state index is 0.329. The fourth-order valence-electron chi connectivity index (χ4n) is 4.92. The number of likely N-dealkylation sites (N-methyl/N-ethyl adjacent to an activating group) is 1. The molecule has 1 atom stereocenters. The second-order valence-corrected chi connectivity index (χ2v) is 6.94. The molecular weight excluding hydrogens is 246 g/mol. The summed E-state index contributed by atoms with van der Waals surface area (Å²) < 4.78 is 0. The predicted octanol–water partition coefficient (Wildman–Crippen LogP) is 3.44. The van der Waals surface area contributed by atoms with Crippen LogP contribution >= 0.6 is 0 Å². The standard InChI is InChI=1S/C17H35N3/c1-3-20(4-2)17(12-8-9-13-17)16(19-18)14-15-10-6-5-7-11-15/h15-16,19H,3-14,18H2,1-2H3. The van der Waals surface area contributed by atoms with E-state index >= 15 is 0 Å². The first kappa shape index (κ1) is 16.3. The molecule has 0 amide bonds. The van der Waals surface area contributed by atoms with Crippen molar-refractivity contribution in [3.63, 3.8) is 0 Å². The normalized spacial score (nSPS) is 25.2. The zero-order valence-electron chi connectivity index (χ0n) is 13.7. The van der Waals surface area contributed by atoms with Crippen molar-refractivity contribution in [2.45, 2.75) is 89.6 Å². The smallest absolute Gasteiger partial charge is 0.0397 e. The van der Waals surface area contributed by atoms with Crippen molar-refractivity contribution < 1.29 is 0 Å². The highest BCUT2D eigenvalue weighted by atomic mass is 15.3.